The summed E-state index contributed by atoms with van der Waals surface area (Å²) in [5.74, 6) is 1.61. The molecule has 9 heteroatoms. The highest BCUT2D eigenvalue weighted by Gasteiger charge is 2.26. The van der Waals surface area contributed by atoms with Crippen LogP contribution in [-0.2, 0) is 22.9 Å². The van der Waals surface area contributed by atoms with E-state index in [4.69, 9.17) is 18.3 Å². The van der Waals surface area contributed by atoms with Crippen molar-refractivity contribution in [3.63, 3.8) is 0 Å². The smallest absolute Gasteiger partial charge is 0.444 e. The van der Waals surface area contributed by atoms with E-state index in [1.54, 1.807) is 32.5 Å². The fourth-order valence-corrected chi connectivity index (χ4v) is 3.41. The molecule has 0 fully saturated rings. The molecule has 144 valence electrons. The molecule has 0 aliphatic rings. The number of hydrogen-bond donors (Lipinski definition) is 1. The third kappa shape index (κ3) is 12.1. The standard InChI is InChI=1S/C15H32NO6PS/c1-7-8-9-10-24-12-13(11-21-23(18,19-5)20-6)16-14(17)22-15(2,3)4/h13H,7-12H2,1-6H3,(H,16,17)/t13-/m0/s1. The number of nitrogens with one attached hydrogen (secondary N) is 1. The minimum absolute atomic E-state index is 0.0129. The van der Waals surface area contributed by atoms with Crippen molar-refractivity contribution >= 4 is 25.7 Å². The number of phosphoric ester groups is 1. The second-order valence-electron chi connectivity index (χ2n) is 6.23. The average molecular weight is 385 g/mol. The number of rotatable bonds is 12. The van der Waals surface area contributed by atoms with Crippen LogP contribution in [0.3, 0.4) is 0 Å². The Bertz CT molecular complexity index is 394. The van der Waals surface area contributed by atoms with Crippen LogP contribution in [0.5, 0.6) is 0 Å². The molecule has 0 aromatic rings. The van der Waals surface area contributed by atoms with Crippen molar-refractivity contribution in [2.75, 3.05) is 32.3 Å². The Kier molecular flexibility index (Phi) is 12.0. The predicted octanol–water partition coefficient (Wildman–Crippen LogP) is 4.22. The summed E-state index contributed by atoms with van der Waals surface area (Å²) in [5, 5.41) is 2.75. The van der Waals surface area contributed by atoms with Gasteiger partial charge in [-0.15, -0.1) is 0 Å². The van der Waals surface area contributed by atoms with E-state index < -0.39 is 19.5 Å². The molecular formula is C15H32NO6PS. The summed E-state index contributed by atoms with van der Waals surface area (Å²) in [5.41, 5.74) is -0.585. The van der Waals surface area contributed by atoms with Crippen LogP contribution in [0.1, 0.15) is 47.0 Å². The second-order valence-corrected chi connectivity index (χ2v) is 9.27. The van der Waals surface area contributed by atoms with Crippen molar-refractivity contribution in [2.45, 2.75) is 58.6 Å². The van der Waals surface area contributed by atoms with E-state index in [0.717, 1.165) is 18.6 Å². The van der Waals surface area contributed by atoms with Crippen LogP contribution in [0.15, 0.2) is 0 Å². The van der Waals surface area contributed by atoms with Crippen LogP contribution in [0.4, 0.5) is 4.79 Å². The first-order valence-electron chi connectivity index (χ1n) is 8.09. The summed E-state index contributed by atoms with van der Waals surface area (Å²) in [6.07, 6.45) is 2.93. The fraction of sp³-hybridized carbons (Fsp3) is 0.933. The highest BCUT2D eigenvalue weighted by molar-refractivity contribution is 7.99. The van der Waals surface area contributed by atoms with E-state index in [0.29, 0.717) is 5.75 Å². The van der Waals surface area contributed by atoms with Gasteiger partial charge in [0.15, 0.2) is 0 Å². The Morgan fingerprint density at radius 2 is 1.83 bits per heavy atom. The van der Waals surface area contributed by atoms with Gasteiger partial charge < -0.3 is 10.1 Å². The lowest BCUT2D eigenvalue weighted by Crippen LogP contribution is -2.42. The van der Waals surface area contributed by atoms with Crippen LogP contribution in [0, 0.1) is 0 Å². The molecule has 0 aliphatic heterocycles. The Morgan fingerprint density at radius 3 is 2.33 bits per heavy atom. The molecule has 0 unspecified atom stereocenters. The van der Waals surface area contributed by atoms with E-state index in [-0.39, 0.29) is 12.6 Å². The number of phosphoric acid groups is 1. The number of hydrogen-bond acceptors (Lipinski definition) is 7. The molecule has 0 rings (SSSR count). The van der Waals surface area contributed by atoms with Crippen LogP contribution in [-0.4, -0.2) is 50.1 Å². The molecule has 0 saturated carbocycles. The zero-order valence-corrected chi connectivity index (χ0v) is 17.3. The maximum Gasteiger partial charge on any atom is 0.474 e. The number of unbranched alkanes of at least 4 members (excludes halogenated alkanes) is 2. The lowest BCUT2D eigenvalue weighted by atomic mass is 10.2. The highest BCUT2D eigenvalue weighted by atomic mass is 32.2. The molecule has 7 nitrogen and oxygen atoms in total. The average Bonchev–Trinajstić information content (AvgIpc) is 2.50. The largest absolute Gasteiger partial charge is 0.474 e. The molecule has 24 heavy (non-hydrogen) atoms. The van der Waals surface area contributed by atoms with Gasteiger partial charge in [0.2, 0.25) is 0 Å². The van der Waals surface area contributed by atoms with E-state index in [1.165, 1.54) is 20.6 Å². The third-order valence-electron chi connectivity index (χ3n) is 2.81. The molecule has 0 radical (unpaired) electrons. The summed E-state index contributed by atoms with van der Waals surface area (Å²) < 4.78 is 31.9. The van der Waals surface area contributed by atoms with E-state index in [9.17, 15) is 9.36 Å². The first-order chi connectivity index (χ1) is 11.2. The molecule has 0 aliphatic carbocycles. The topological polar surface area (TPSA) is 83.1 Å². The zero-order chi connectivity index (χ0) is 18.6. The first-order valence-corrected chi connectivity index (χ1v) is 10.7. The molecule has 0 spiro atoms. The van der Waals surface area contributed by atoms with Crippen molar-refractivity contribution in [1.29, 1.82) is 0 Å². The Hall–Kier alpha value is -0.270. The van der Waals surface area contributed by atoms with Gasteiger partial charge in [0.1, 0.15) is 5.60 Å². The lowest BCUT2D eigenvalue weighted by Gasteiger charge is -2.24. The number of amides is 1. The van der Waals surface area contributed by atoms with Crippen molar-refractivity contribution in [1.82, 2.24) is 5.32 Å². The van der Waals surface area contributed by atoms with Crippen LogP contribution in [0.25, 0.3) is 0 Å². The van der Waals surface area contributed by atoms with Crippen molar-refractivity contribution < 1.29 is 27.7 Å². The molecule has 0 bridgehead atoms. The summed E-state index contributed by atoms with van der Waals surface area (Å²) >= 11 is 1.71. The molecule has 0 heterocycles. The minimum atomic E-state index is -3.57. The number of ether oxygens (including phenoxy) is 1. The van der Waals surface area contributed by atoms with Crippen LogP contribution < -0.4 is 5.32 Å². The van der Waals surface area contributed by atoms with E-state index in [1.807, 2.05) is 0 Å². The summed E-state index contributed by atoms with van der Waals surface area (Å²) in [6, 6.07) is -0.356. The van der Waals surface area contributed by atoms with Gasteiger partial charge >= 0.3 is 13.9 Å². The predicted molar refractivity (Wildman–Crippen MR) is 97.6 cm³/mol. The molecule has 0 saturated heterocycles. The molecular weight excluding hydrogens is 353 g/mol. The summed E-state index contributed by atoms with van der Waals surface area (Å²) in [7, 11) is -1.07. The molecule has 0 aromatic heterocycles. The lowest BCUT2D eigenvalue weighted by molar-refractivity contribution is 0.0483. The van der Waals surface area contributed by atoms with Gasteiger partial charge in [0, 0.05) is 20.0 Å². The molecule has 1 atom stereocenters. The minimum Gasteiger partial charge on any atom is -0.444 e. The van der Waals surface area contributed by atoms with Gasteiger partial charge in [-0.25, -0.2) is 9.36 Å². The SMILES string of the molecule is CCCCCSC[C@H](COP(=O)(OC)OC)NC(=O)OC(C)(C)C. The van der Waals surface area contributed by atoms with Gasteiger partial charge in [-0.3, -0.25) is 13.6 Å². The third-order valence-corrected chi connectivity index (χ3v) is 5.39. The Balaban J connectivity index is 4.53. The number of carbonyl (C=O) groups excluding carboxylic acids is 1. The monoisotopic (exact) mass is 385 g/mol. The van der Waals surface area contributed by atoms with Crippen molar-refractivity contribution in [3.8, 4) is 0 Å². The Morgan fingerprint density at radius 1 is 1.21 bits per heavy atom. The van der Waals surface area contributed by atoms with Gasteiger partial charge in [-0.05, 0) is 32.9 Å². The van der Waals surface area contributed by atoms with E-state index >= 15 is 0 Å². The number of alkyl carbamates (subject to hydrolysis) is 1. The number of carbonyl (C=O) groups is 1. The molecule has 1 N–H and O–H groups in total. The van der Waals surface area contributed by atoms with Crippen molar-refractivity contribution in [3.05, 3.63) is 0 Å². The second kappa shape index (κ2) is 12.1. The normalized spacial score (nSPS) is 13.6. The Labute approximate surface area is 150 Å². The quantitative estimate of drug-likeness (QED) is 0.398. The maximum atomic E-state index is 12.0. The van der Waals surface area contributed by atoms with E-state index in [2.05, 4.69) is 12.2 Å². The zero-order valence-electron chi connectivity index (χ0n) is 15.6. The van der Waals surface area contributed by atoms with Gasteiger partial charge in [-0.1, -0.05) is 19.8 Å². The van der Waals surface area contributed by atoms with Gasteiger partial charge in [-0.2, -0.15) is 11.8 Å². The number of thioether (sulfide) groups is 1. The maximum absolute atomic E-state index is 12.0. The van der Waals surface area contributed by atoms with Gasteiger partial charge in [0.25, 0.3) is 0 Å². The first kappa shape index (κ1) is 23.7. The summed E-state index contributed by atoms with van der Waals surface area (Å²) in [6.45, 7) is 7.54. The van der Waals surface area contributed by atoms with Crippen LogP contribution in [0.2, 0.25) is 0 Å². The van der Waals surface area contributed by atoms with Crippen molar-refractivity contribution in [2.24, 2.45) is 0 Å². The summed E-state index contributed by atoms with van der Waals surface area (Å²) in [4.78, 5) is 11.9. The highest BCUT2D eigenvalue weighted by Crippen LogP contribution is 2.47. The van der Waals surface area contributed by atoms with Crippen LogP contribution >= 0.6 is 19.6 Å². The molecule has 0 aromatic carbocycles. The van der Waals surface area contributed by atoms with Gasteiger partial charge in [0.05, 0.1) is 12.6 Å². The fourth-order valence-electron chi connectivity index (χ4n) is 1.65. The molecule has 1 amide bonds.